The number of urea groups is 1. The zero-order chi connectivity index (χ0) is 11.3. The zero-order valence-corrected chi connectivity index (χ0v) is 9.16. The van der Waals surface area contributed by atoms with Crippen LogP contribution in [0.25, 0.3) is 0 Å². The molecule has 5 nitrogen and oxygen atoms in total. The summed E-state index contributed by atoms with van der Waals surface area (Å²) in [5.74, 6) is -0.324. The first kappa shape index (κ1) is 12.0. The predicted octanol–water partition coefficient (Wildman–Crippen LogP) is 0.446. The molecule has 3 amide bonds. The van der Waals surface area contributed by atoms with Crippen LogP contribution in [0.2, 0.25) is 0 Å². The summed E-state index contributed by atoms with van der Waals surface area (Å²) in [5, 5.41) is 2.07. The van der Waals surface area contributed by atoms with Crippen LogP contribution in [-0.4, -0.2) is 36.5 Å². The largest absolute Gasteiger partial charge is 0.351 e. The maximum Gasteiger partial charge on any atom is 0.318 e. The second-order valence-corrected chi connectivity index (χ2v) is 4.12. The maximum absolute atomic E-state index is 11.3. The summed E-state index contributed by atoms with van der Waals surface area (Å²) < 4.78 is 0. The number of primary amides is 1. The minimum absolute atomic E-state index is 0.244. The Hall–Kier alpha value is -1.10. The fourth-order valence-corrected chi connectivity index (χ4v) is 2.05. The van der Waals surface area contributed by atoms with Crippen LogP contribution in [0.4, 0.5) is 4.79 Å². The van der Waals surface area contributed by atoms with Gasteiger partial charge in [-0.25, -0.2) is 4.79 Å². The molecule has 0 bridgehead atoms. The molecular formula is C10H19N3O2. The van der Waals surface area contributed by atoms with Crippen molar-refractivity contribution in [3.8, 4) is 0 Å². The van der Waals surface area contributed by atoms with Gasteiger partial charge in [0, 0.05) is 6.04 Å². The Morgan fingerprint density at radius 3 is 2.47 bits per heavy atom. The molecular weight excluding hydrogens is 194 g/mol. The number of nitrogens with two attached hydrogens (primary N) is 1. The number of carbonyl (C=O) groups excluding carboxylic acids is 2. The molecule has 86 valence electrons. The van der Waals surface area contributed by atoms with Crippen molar-refractivity contribution in [3.63, 3.8) is 0 Å². The molecule has 1 aliphatic carbocycles. The molecule has 0 aromatic rings. The van der Waals surface area contributed by atoms with Crippen LogP contribution in [0.3, 0.4) is 0 Å². The van der Waals surface area contributed by atoms with Crippen LogP contribution in [0.1, 0.15) is 32.1 Å². The first-order valence-electron chi connectivity index (χ1n) is 5.39. The summed E-state index contributed by atoms with van der Waals surface area (Å²) in [5.41, 5.74) is 4.86. The van der Waals surface area contributed by atoms with Crippen LogP contribution in [0.5, 0.6) is 0 Å². The second-order valence-electron chi connectivity index (χ2n) is 4.12. The predicted molar refractivity (Wildman–Crippen MR) is 57.2 cm³/mol. The van der Waals surface area contributed by atoms with Gasteiger partial charge in [-0.15, -0.1) is 0 Å². The van der Waals surface area contributed by atoms with Gasteiger partial charge in [0.25, 0.3) is 0 Å². The molecule has 0 saturated heterocycles. The first-order chi connectivity index (χ1) is 7.09. The van der Waals surface area contributed by atoms with E-state index < -0.39 is 6.03 Å². The Kier molecular flexibility index (Phi) is 4.55. The second kappa shape index (κ2) is 5.70. The lowest BCUT2D eigenvalue weighted by Crippen LogP contribution is -2.44. The number of nitrogens with zero attached hydrogens (tertiary/aromatic N) is 1. The Bertz CT molecular complexity index is 237. The van der Waals surface area contributed by atoms with Crippen LogP contribution in [-0.2, 0) is 4.79 Å². The van der Waals surface area contributed by atoms with Gasteiger partial charge >= 0.3 is 6.03 Å². The van der Waals surface area contributed by atoms with E-state index in [1.165, 1.54) is 19.3 Å². The average molecular weight is 213 g/mol. The molecule has 0 aromatic carbocycles. The number of likely N-dealkylation sites (N-methyl/N-ethyl adjacent to an activating group) is 1. The Morgan fingerprint density at radius 2 is 1.93 bits per heavy atom. The third-order valence-electron chi connectivity index (χ3n) is 2.85. The minimum atomic E-state index is -0.781. The summed E-state index contributed by atoms with van der Waals surface area (Å²) in [4.78, 5) is 23.7. The van der Waals surface area contributed by atoms with E-state index in [0.29, 0.717) is 6.04 Å². The highest BCUT2D eigenvalue weighted by Gasteiger charge is 2.19. The van der Waals surface area contributed by atoms with E-state index in [-0.39, 0.29) is 12.5 Å². The molecule has 1 fully saturated rings. The van der Waals surface area contributed by atoms with Crippen LogP contribution < -0.4 is 11.1 Å². The topological polar surface area (TPSA) is 75.4 Å². The fourth-order valence-electron chi connectivity index (χ4n) is 2.05. The van der Waals surface area contributed by atoms with Crippen molar-refractivity contribution >= 4 is 11.9 Å². The summed E-state index contributed by atoms with van der Waals surface area (Å²) in [7, 11) is 1.91. The smallest absolute Gasteiger partial charge is 0.318 e. The van der Waals surface area contributed by atoms with Crippen molar-refractivity contribution < 1.29 is 9.59 Å². The quantitative estimate of drug-likeness (QED) is 0.714. The lowest BCUT2D eigenvalue weighted by atomic mass is 9.94. The summed E-state index contributed by atoms with van der Waals surface area (Å²) in [6, 6.07) is -0.311. The highest BCUT2D eigenvalue weighted by molar-refractivity contribution is 5.94. The van der Waals surface area contributed by atoms with Gasteiger partial charge in [0.1, 0.15) is 0 Å². The standard InChI is InChI=1S/C10H19N3O2/c1-13(7-9(14)12-10(11)15)8-5-3-2-4-6-8/h8H,2-7H2,1H3,(H3,11,12,14,15). The van der Waals surface area contributed by atoms with Crippen molar-refractivity contribution in [1.29, 1.82) is 0 Å². The van der Waals surface area contributed by atoms with Crippen LogP contribution >= 0.6 is 0 Å². The van der Waals surface area contributed by atoms with Crippen molar-refractivity contribution in [3.05, 3.63) is 0 Å². The molecule has 5 heteroatoms. The van der Waals surface area contributed by atoms with E-state index in [1.54, 1.807) is 0 Å². The lowest BCUT2D eigenvalue weighted by molar-refractivity contribution is -0.121. The fraction of sp³-hybridized carbons (Fsp3) is 0.800. The summed E-state index contributed by atoms with van der Waals surface area (Å²) in [6.07, 6.45) is 6.03. The van der Waals surface area contributed by atoms with Gasteiger partial charge in [-0.1, -0.05) is 19.3 Å². The molecule has 0 atom stereocenters. The monoisotopic (exact) mass is 213 g/mol. The van der Waals surface area contributed by atoms with Crippen LogP contribution in [0, 0.1) is 0 Å². The SMILES string of the molecule is CN(CC(=O)NC(N)=O)C1CCCCC1. The molecule has 0 heterocycles. The van der Waals surface area contributed by atoms with E-state index in [1.807, 2.05) is 11.9 Å². The van der Waals surface area contributed by atoms with Gasteiger partial charge < -0.3 is 5.73 Å². The Labute approximate surface area is 90.0 Å². The number of rotatable bonds is 3. The van der Waals surface area contributed by atoms with Crippen molar-refractivity contribution in [1.82, 2.24) is 10.2 Å². The van der Waals surface area contributed by atoms with Gasteiger partial charge in [0.05, 0.1) is 6.54 Å². The van der Waals surface area contributed by atoms with Crippen molar-refractivity contribution in [2.45, 2.75) is 38.1 Å². The Morgan fingerprint density at radius 1 is 1.33 bits per heavy atom. The first-order valence-corrected chi connectivity index (χ1v) is 5.39. The van der Waals surface area contributed by atoms with Crippen LogP contribution in [0.15, 0.2) is 0 Å². The van der Waals surface area contributed by atoms with Gasteiger partial charge in [0.15, 0.2) is 0 Å². The maximum atomic E-state index is 11.3. The number of amides is 3. The molecule has 0 aliphatic heterocycles. The van der Waals surface area contributed by atoms with Gasteiger partial charge in [-0.3, -0.25) is 15.0 Å². The van der Waals surface area contributed by atoms with E-state index in [2.05, 4.69) is 5.32 Å². The molecule has 0 radical (unpaired) electrons. The van der Waals surface area contributed by atoms with Gasteiger partial charge in [-0.05, 0) is 19.9 Å². The lowest BCUT2D eigenvalue weighted by Gasteiger charge is -2.30. The third-order valence-corrected chi connectivity index (χ3v) is 2.85. The van der Waals surface area contributed by atoms with Crippen molar-refractivity contribution in [2.75, 3.05) is 13.6 Å². The molecule has 1 aliphatic rings. The molecule has 3 N–H and O–H groups in total. The van der Waals surface area contributed by atoms with E-state index in [0.717, 1.165) is 12.8 Å². The summed E-state index contributed by atoms with van der Waals surface area (Å²) >= 11 is 0. The number of nitrogens with one attached hydrogen (secondary N) is 1. The summed E-state index contributed by atoms with van der Waals surface area (Å²) in [6.45, 7) is 0.244. The molecule has 1 rings (SSSR count). The number of hydrogen-bond acceptors (Lipinski definition) is 3. The van der Waals surface area contributed by atoms with Gasteiger partial charge in [-0.2, -0.15) is 0 Å². The molecule has 1 saturated carbocycles. The van der Waals surface area contributed by atoms with Crippen molar-refractivity contribution in [2.24, 2.45) is 5.73 Å². The minimum Gasteiger partial charge on any atom is -0.351 e. The average Bonchev–Trinajstić information content (AvgIpc) is 2.17. The number of imide groups is 1. The highest BCUT2D eigenvalue weighted by atomic mass is 16.2. The third kappa shape index (κ3) is 4.29. The highest BCUT2D eigenvalue weighted by Crippen LogP contribution is 2.21. The molecule has 15 heavy (non-hydrogen) atoms. The van der Waals surface area contributed by atoms with Gasteiger partial charge in [0.2, 0.25) is 5.91 Å². The Balaban J connectivity index is 2.30. The normalized spacial score (nSPS) is 17.7. The molecule has 0 unspecified atom stereocenters. The molecule has 0 spiro atoms. The van der Waals surface area contributed by atoms with E-state index >= 15 is 0 Å². The zero-order valence-electron chi connectivity index (χ0n) is 9.16. The van der Waals surface area contributed by atoms with E-state index in [4.69, 9.17) is 5.73 Å². The van der Waals surface area contributed by atoms with E-state index in [9.17, 15) is 9.59 Å². The number of hydrogen-bond donors (Lipinski definition) is 2. The molecule has 0 aromatic heterocycles. The number of carbonyl (C=O) groups is 2.